The van der Waals surface area contributed by atoms with E-state index in [9.17, 15) is 0 Å². The Hall–Kier alpha value is -1.22. The highest BCUT2D eigenvalue weighted by atomic mass is 16.5. The van der Waals surface area contributed by atoms with Gasteiger partial charge in [0.05, 0.1) is 14.2 Å². The van der Waals surface area contributed by atoms with Gasteiger partial charge in [0.2, 0.25) is 0 Å². The van der Waals surface area contributed by atoms with Crippen molar-refractivity contribution in [2.24, 2.45) is 23.5 Å². The second-order valence-electron chi connectivity index (χ2n) is 6.01. The average molecular weight is 261 g/mol. The smallest absolute Gasteiger partial charge is 0.122 e. The lowest BCUT2D eigenvalue weighted by Gasteiger charge is -2.28. The second kappa shape index (κ2) is 5.04. The zero-order chi connectivity index (χ0) is 13.4. The van der Waals surface area contributed by atoms with Gasteiger partial charge in [-0.05, 0) is 54.7 Å². The van der Waals surface area contributed by atoms with Crippen molar-refractivity contribution in [3.63, 3.8) is 0 Å². The Morgan fingerprint density at radius 2 is 1.74 bits per heavy atom. The first-order chi connectivity index (χ1) is 9.21. The van der Waals surface area contributed by atoms with E-state index in [1.54, 1.807) is 14.2 Å². The van der Waals surface area contributed by atoms with Crippen LogP contribution in [0.3, 0.4) is 0 Å². The lowest BCUT2D eigenvalue weighted by molar-refractivity contribution is 0.283. The Balaban J connectivity index is 1.84. The Labute approximate surface area is 115 Å². The fourth-order valence-corrected chi connectivity index (χ4v) is 4.00. The van der Waals surface area contributed by atoms with Gasteiger partial charge in [-0.1, -0.05) is 6.42 Å². The minimum absolute atomic E-state index is 0.110. The number of ether oxygens (including phenoxy) is 2. The molecule has 4 unspecified atom stereocenters. The maximum Gasteiger partial charge on any atom is 0.122 e. The third kappa shape index (κ3) is 2.32. The van der Waals surface area contributed by atoms with Crippen LogP contribution in [0.1, 0.15) is 37.3 Å². The highest BCUT2D eigenvalue weighted by Gasteiger charge is 2.42. The fraction of sp³-hybridized carbons (Fsp3) is 0.625. The predicted molar refractivity (Wildman–Crippen MR) is 75.4 cm³/mol. The first kappa shape index (κ1) is 12.8. The summed E-state index contributed by atoms with van der Waals surface area (Å²) in [6.07, 6.45) is 5.46. The number of hydrogen-bond acceptors (Lipinski definition) is 3. The fourth-order valence-electron chi connectivity index (χ4n) is 4.00. The molecule has 0 aliphatic heterocycles. The van der Waals surface area contributed by atoms with Gasteiger partial charge < -0.3 is 15.2 Å². The molecule has 3 heteroatoms. The maximum atomic E-state index is 6.52. The van der Waals surface area contributed by atoms with Gasteiger partial charge in [0.15, 0.2) is 0 Å². The van der Waals surface area contributed by atoms with Gasteiger partial charge in [0, 0.05) is 12.1 Å². The molecule has 2 aliphatic rings. The molecule has 1 aromatic carbocycles. The molecule has 0 radical (unpaired) electrons. The van der Waals surface area contributed by atoms with Crippen LogP contribution in [-0.4, -0.2) is 14.2 Å². The van der Waals surface area contributed by atoms with Crippen LogP contribution in [0.2, 0.25) is 0 Å². The molecular weight excluding hydrogens is 238 g/mol. The molecule has 0 amide bonds. The predicted octanol–water partition coefficient (Wildman–Crippen LogP) is 3.14. The largest absolute Gasteiger partial charge is 0.497 e. The molecule has 0 spiro atoms. The minimum atomic E-state index is 0.110. The number of benzene rings is 1. The van der Waals surface area contributed by atoms with E-state index in [0.717, 1.165) is 28.9 Å². The van der Waals surface area contributed by atoms with Crippen molar-refractivity contribution in [3.05, 3.63) is 23.8 Å². The summed E-state index contributed by atoms with van der Waals surface area (Å²) in [7, 11) is 3.36. The molecule has 2 bridgehead atoms. The zero-order valence-corrected chi connectivity index (χ0v) is 11.8. The van der Waals surface area contributed by atoms with Gasteiger partial charge in [-0.2, -0.15) is 0 Å². The molecule has 2 saturated carbocycles. The van der Waals surface area contributed by atoms with E-state index < -0.39 is 0 Å². The van der Waals surface area contributed by atoms with Gasteiger partial charge in [0.25, 0.3) is 0 Å². The van der Waals surface area contributed by atoms with Gasteiger partial charge in [-0.15, -0.1) is 0 Å². The van der Waals surface area contributed by atoms with Gasteiger partial charge in [-0.25, -0.2) is 0 Å². The molecule has 3 nitrogen and oxygen atoms in total. The summed E-state index contributed by atoms with van der Waals surface area (Å²) in [5.41, 5.74) is 7.67. The third-order valence-corrected chi connectivity index (χ3v) is 5.01. The first-order valence-corrected chi connectivity index (χ1v) is 7.19. The molecule has 1 aromatic rings. The molecule has 4 atom stereocenters. The topological polar surface area (TPSA) is 44.5 Å². The lowest BCUT2D eigenvalue weighted by atomic mass is 9.81. The quantitative estimate of drug-likeness (QED) is 0.905. The molecule has 19 heavy (non-hydrogen) atoms. The minimum Gasteiger partial charge on any atom is -0.497 e. The van der Waals surface area contributed by atoms with Gasteiger partial charge in [0.1, 0.15) is 11.5 Å². The van der Waals surface area contributed by atoms with Gasteiger partial charge in [-0.3, -0.25) is 0 Å². The molecule has 2 fully saturated rings. The normalized spacial score (nSPS) is 30.4. The van der Waals surface area contributed by atoms with Crippen LogP contribution in [-0.2, 0) is 0 Å². The van der Waals surface area contributed by atoms with Crippen molar-refractivity contribution < 1.29 is 9.47 Å². The van der Waals surface area contributed by atoms with E-state index in [4.69, 9.17) is 15.2 Å². The summed E-state index contributed by atoms with van der Waals surface area (Å²) in [6, 6.07) is 6.12. The standard InChI is InChI=1S/C16H23NO2/c1-18-13-7-12(8-14(9-13)19-2)16(17)15-6-10-3-4-11(15)5-10/h7-11,15-16H,3-6,17H2,1-2H3. The van der Waals surface area contributed by atoms with E-state index in [-0.39, 0.29) is 6.04 Å². The van der Waals surface area contributed by atoms with Crippen LogP contribution in [0.25, 0.3) is 0 Å². The molecule has 0 saturated heterocycles. The molecular formula is C16H23NO2. The van der Waals surface area contributed by atoms with Crippen molar-refractivity contribution in [2.45, 2.75) is 31.7 Å². The summed E-state index contributed by atoms with van der Waals surface area (Å²) < 4.78 is 10.7. The van der Waals surface area contributed by atoms with E-state index >= 15 is 0 Å². The Morgan fingerprint density at radius 3 is 2.21 bits per heavy atom. The van der Waals surface area contributed by atoms with E-state index in [0.29, 0.717) is 5.92 Å². The van der Waals surface area contributed by atoms with Crippen LogP contribution in [0.5, 0.6) is 11.5 Å². The number of fused-ring (bicyclic) bond motifs is 2. The monoisotopic (exact) mass is 261 g/mol. The maximum absolute atomic E-state index is 6.52. The van der Waals surface area contributed by atoms with Crippen LogP contribution in [0, 0.1) is 17.8 Å². The summed E-state index contributed by atoms with van der Waals surface area (Å²) in [5.74, 6) is 4.04. The van der Waals surface area contributed by atoms with Crippen molar-refractivity contribution in [2.75, 3.05) is 14.2 Å². The number of nitrogens with two attached hydrogens (primary N) is 1. The lowest BCUT2D eigenvalue weighted by Crippen LogP contribution is -2.26. The number of methoxy groups -OCH3 is 2. The molecule has 104 valence electrons. The Bertz CT molecular complexity index is 438. The van der Waals surface area contributed by atoms with E-state index in [1.807, 2.05) is 6.07 Å². The van der Waals surface area contributed by atoms with Crippen molar-refractivity contribution in [1.82, 2.24) is 0 Å². The molecule has 2 N–H and O–H groups in total. The summed E-state index contributed by atoms with van der Waals surface area (Å²) in [6.45, 7) is 0. The summed E-state index contributed by atoms with van der Waals surface area (Å²) >= 11 is 0. The van der Waals surface area contributed by atoms with Crippen molar-refractivity contribution >= 4 is 0 Å². The highest BCUT2D eigenvalue weighted by Crippen LogP contribution is 2.52. The summed E-state index contributed by atoms with van der Waals surface area (Å²) in [4.78, 5) is 0. The van der Waals surface area contributed by atoms with Crippen molar-refractivity contribution in [3.8, 4) is 11.5 Å². The third-order valence-electron chi connectivity index (χ3n) is 5.01. The zero-order valence-electron chi connectivity index (χ0n) is 11.8. The van der Waals surface area contributed by atoms with Crippen LogP contribution in [0.15, 0.2) is 18.2 Å². The Morgan fingerprint density at radius 1 is 1.05 bits per heavy atom. The number of rotatable bonds is 4. The van der Waals surface area contributed by atoms with Crippen LogP contribution in [0.4, 0.5) is 0 Å². The van der Waals surface area contributed by atoms with E-state index in [2.05, 4.69) is 12.1 Å². The summed E-state index contributed by atoms with van der Waals surface area (Å²) in [5, 5.41) is 0. The average Bonchev–Trinajstić information content (AvgIpc) is 3.08. The SMILES string of the molecule is COc1cc(OC)cc(C(N)C2CC3CCC2C3)c1. The molecule has 0 heterocycles. The van der Waals surface area contributed by atoms with Gasteiger partial charge >= 0.3 is 0 Å². The van der Waals surface area contributed by atoms with Crippen LogP contribution < -0.4 is 15.2 Å². The van der Waals surface area contributed by atoms with E-state index in [1.165, 1.54) is 25.7 Å². The number of hydrogen-bond donors (Lipinski definition) is 1. The first-order valence-electron chi connectivity index (χ1n) is 7.19. The van der Waals surface area contributed by atoms with Crippen LogP contribution >= 0.6 is 0 Å². The Kier molecular flexibility index (Phi) is 3.40. The second-order valence-corrected chi connectivity index (χ2v) is 6.01. The molecule has 0 aromatic heterocycles. The molecule has 3 rings (SSSR count). The van der Waals surface area contributed by atoms with Crippen molar-refractivity contribution in [1.29, 1.82) is 0 Å². The molecule has 2 aliphatic carbocycles. The highest BCUT2D eigenvalue weighted by molar-refractivity contribution is 5.40.